The molecule has 1 N–H and O–H groups in total. The molecule has 1 nitrogen and oxygen atoms in total. The number of hydrogen-bond donors (Lipinski definition) is 1. The van der Waals surface area contributed by atoms with Crippen molar-refractivity contribution in [2.24, 2.45) is 0 Å². The van der Waals surface area contributed by atoms with Crippen LogP contribution in [0.3, 0.4) is 0 Å². The molecule has 0 aliphatic heterocycles. The van der Waals surface area contributed by atoms with Gasteiger partial charge in [-0.3, -0.25) is 0 Å². The fraction of sp³-hybridized carbons (Fsp3) is 0.286. The fourth-order valence-corrected chi connectivity index (χ4v) is 3.27. The van der Waals surface area contributed by atoms with Gasteiger partial charge in [-0.05, 0) is 52.9 Å². The summed E-state index contributed by atoms with van der Waals surface area (Å²) in [6.07, 6.45) is 0.335. The van der Waals surface area contributed by atoms with Crippen LogP contribution < -0.4 is 5.32 Å². The van der Waals surface area contributed by atoms with Gasteiger partial charge in [-0.1, -0.05) is 6.07 Å². The van der Waals surface area contributed by atoms with Crippen LogP contribution >= 0.6 is 27.3 Å². The van der Waals surface area contributed by atoms with E-state index in [0.29, 0.717) is 13.0 Å². The third-order valence-corrected chi connectivity index (χ3v) is 4.80. The third-order valence-electron chi connectivity index (χ3n) is 2.87. The van der Waals surface area contributed by atoms with Crippen molar-refractivity contribution in [2.45, 2.75) is 25.9 Å². The minimum Gasteiger partial charge on any atom is -0.309 e. The largest absolute Gasteiger partial charge is 0.309 e. The molecule has 102 valence electrons. The summed E-state index contributed by atoms with van der Waals surface area (Å²) in [4.78, 5) is 1.18. The lowest BCUT2D eigenvalue weighted by atomic mass is 10.1. The van der Waals surface area contributed by atoms with Gasteiger partial charge in [0.05, 0.1) is 0 Å². The number of halogens is 3. The van der Waals surface area contributed by atoms with Crippen molar-refractivity contribution in [1.82, 2.24) is 5.32 Å². The van der Waals surface area contributed by atoms with E-state index in [1.807, 2.05) is 18.4 Å². The molecule has 0 bridgehead atoms. The van der Waals surface area contributed by atoms with Crippen LogP contribution in [-0.2, 0) is 13.0 Å². The van der Waals surface area contributed by atoms with E-state index in [9.17, 15) is 8.78 Å². The summed E-state index contributed by atoms with van der Waals surface area (Å²) < 4.78 is 28.1. The highest BCUT2D eigenvalue weighted by atomic mass is 79.9. The lowest BCUT2D eigenvalue weighted by Gasteiger charge is -2.14. The van der Waals surface area contributed by atoms with E-state index < -0.39 is 11.6 Å². The van der Waals surface area contributed by atoms with Gasteiger partial charge >= 0.3 is 0 Å². The van der Waals surface area contributed by atoms with Crippen LogP contribution in [0.1, 0.15) is 17.4 Å². The van der Waals surface area contributed by atoms with Gasteiger partial charge in [-0.2, -0.15) is 0 Å². The van der Waals surface area contributed by atoms with Crippen molar-refractivity contribution in [1.29, 1.82) is 0 Å². The van der Waals surface area contributed by atoms with Gasteiger partial charge in [0.25, 0.3) is 0 Å². The molecule has 0 aliphatic carbocycles. The average Bonchev–Trinajstić information content (AvgIpc) is 2.77. The van der Waals surface area contributed by atoms with Gasteiger partial charge in [0.1, 0.15) is 11.6 Å². The van der Waals surface area contributed by atoms with E-state index in [-0.39, 0.29) is 11.6 Å². The lowest BCUT2D eigenvalue weighted by molar-refractivity contribution is 0.500. The maximum atomic E-state index is 13.5. The van der Waals surface area contributed by atoms with E-state index in [1.165, 1.54) is 23.1 Å². The van der Waals surface area contributed by atoms with Crippen LogP contribution in [0.25, 0.3) is 0 Å². The second-order valence-electron chi connectivity index (χ2n) is 4.38. The van der Waals surface area contributed by atoms with Gasteiger partial charge in [0, 0.05) is 27.5 Å². The standard InChI is InChI=1S/C14H14BrF2NS/c1-9(18-8-14-11(15)5-6-19-14)7-10-12(16)3-2-4-13(10)17/h2-6,9,18H,7-8H2,1H3. The van der Waals surface area contributed by atoms with E-state index in [2.05, 4.69) is 21.2 Å². The van der Waals surface area contributed by atoms with Crippen LogP contribution in [0.4, 0.5) is 8.78 Å². The van der Waals surface area contributed by atoms with Crippen molar-refractivity contribution >= 4 is 27.3 Å². The second kappa shape index (κ2) is 6.59. The summed E-state index contributed by atoms with van der Waals surface area (Å²) in [7, 11) is 0. The van der Waals surface area contributed by atoms with Crippen molar-refractivity contribution in [2.75, 3.05) is 0 Å². The van der Waals surface area contributed by atoms with E-state index in [1.54, 1.807) is 11.3 Å². The quantitative estimate of drug-likeness (QED) is 0.840. The minimum atomic E-state index is -0.481. The van der Waals surface area contributed by atoms with E-state index in [0.717, 1.165) is 4.47 Å². The molecule has 0 saturated heterocycles. The highest BCUT2D eigenvalue weighted by Crippen LogP contribution is 2.22. The Hall–Kier alpha value is -0.780. The van der Waals surface area contributed by atoms with Crippen LogP contribution in [0.5, 0.6) is 0 Å². The molecular formula is C14H14BrF2NS. The van der Waals surface area contributed by atoms with Gasteiger partial charge < -0.3 is 5.32 Å². The molecule has 0 fully saturated rings. The van der Waals surface area contributed by atoms with Crippen molar-refractivity contribution in [3.8, 4) is 0 Å². The summed E-state index contributed by atoms with van der Waals surface area (Å²) >= 11 is 5.10. The molecule has 0 saturated carbocycles. The SMILES string of the molecule is CC(Cc1c(F)cccc1F)NCc1sccc1Br. The maximum absolute atomic E-state index is 13.5. The zero-order valence-corrected chi connectivity index (χ0v) is 12.8. The summed E-state index contributed by atoms with van der Waals surface area (Å²) in [6, 6.07) is 5.96. The van der Waals surface area contributed by atoms with Crippen LogP contribution in [-0.4, -0.2) is 6.04 Å². The summed E-state index contributed by atoms with van der Waals surface area (Å²) in [5, 5.41) is 5.28. The monoisotopic (exact) mass is 345 g/mol. The smallest absolute Gasteiger partial charge is 0.129 e. The highest BCUT2D eigenvalue weighted by molar-refractivity contribution is 9.10. The molecule has 1 unspecified atom stereocenters. The fourth-order valence-electron chi connectivity index (χ4n) is 1.82. The first-order valence-corrected chi connectivity index (χ1v) is 7.63. The molecule has 0 aliphatic rings. The normalized spacial score (nSPS) is 12.6. The number of hydrogen-bond acceptors (Lipinski definition) is 2. The van der Waals surface area contributed by atoms with Gasteiger partial charge in [-0.15, -0.1) is 11.3 Å². The topological polar surface area (TPSA) is 12.0 Å². The molecule has 0 spiro atoms. The number of rotatable bonds is 5. The Balaban J connectivity index is 1.94. The number of nitrogens with one attached hydrogen (secondary N) is 1. The molecule has 1 atom stereocenters. The molecule has 2 rings (SSSR count). The highest BCUT2D eigenvalue weighted by Gasteiger charge is 2.12. The molecular weight excluding hydrogens is 332 g/mol. The van der Waals surface area contributed by atoms with Crippen LogP contribution in [0.15, 0.2) is 34.1 Å². The maximum Gasteiger partial charge on any atom is 0.129 e. The summed E-state index contributed by atoms with van der Waals surface area (Å²) in [5.41, 5.74) is 0.146. The van der Waals surface area contributed by atoms with Crippen LogP contribution in [0, 0.1) is 11.6 Å². The van der Waals surface area contributed by atoms with Crippen molar-refractivity contribution in [3.63, 3.8) is 0 Å². The van der Waals surface area contributed by atoms with E-state index in [4.69, 9.17) is 0 Å². The molecule has 1 aromatic carbocycles. The number of thiophene rings is 1. The summed E-state index contributed by atoms with van der Waals surface area (Å²) in [6.45, 7) is 2.61. The zero-order chi connectivity index (χ0) is 13.8. The Morgan fingerprint density at radius 3 is 2.53 bits per heavy atom. The molecule has 5 heteroatoms. The Bertz CT molecular complexity index is 536. The first kappa shape index (κ1) is 14.6. The molecule has 19 heavy (non-hydrogen) atoms. The molecule has 1 aromatic heterocycles. The predicted octanol–water partition coefficient (Wildman–Crippen LogP) is 4.51. The molecule has 2 aromatic rings. The van der Waals surface area contributed by atoms with Gasteiger partial charge in [0.15, 0.2) is 0 Å². The Morgan fingerprint density at radius 2 is 1.95 bits per heavy atom. The van der Waals surface area contributed by atoms with Gasteiger partial charge in [-0.25, -0.2) is 8.78 Å². The minimum absolute atomic E-state index is 0.000370. The van der Waals surface area contributed by atoms with E-state index >= 15 is 0 Å². The second-order valence-corrected chi connectivity index (χ2v) is 6.23. The Kier molecular flexibility index (Phi) is 5.07. The first-order chi connectivity index (χ1) is 9.08. The third kappa shape index (κ3) is 3.84. The number of benzene rings is 1. The van der Waals surface area contributed by atoms with Crippen molar-refractivity contribution in [3.05, 3.63) is 56.2 Å². The lowest BCUT2D eigenvalue weighted by Crippen LogP contribution is -2.28. The predicted molar refractivity (Wildman–Crippen MR) is 78.4 cm³/mol. The summed E-state index contributed by atoms with van der Waals surface area (Å²) in [5.74, 6) is -0.961. The Morgan fingerprint density at radius 1 is 1.26 bits per heavy atom. The van der Waals surface area contributed by atoms with Crippen LogP contribution in [0.2, 0.25) is 0 Å². The Labute approximate surface area is 123 Å². The molecule has 0 radical (unpaired) electrons. The average molecular weight is 346 g/mol. The van der Waals surface area contributed by atoms with Crippen molar-refractivity contribution < 1.29 is 8.78 Å². The zero-order valence-electron chi connectivity index (χ0n) is 10.4. The molecule has 0 amide bonds. The first-order valence-electron chi connectivity index (χ1n) is 5.96. The molecule has 1 heterocycles. The van der Waals surface area contributed by atoms with Gasteiger partial charge in [0.2, 0.25) is 0 Å².